The monoisotopic (exact) mass is 773 g/mol. The van der Waals surface area contributed by atoms with Crippen molar-refractivity contribution in [1.82, 2.24) is 5.32 Å². The van der Waals surface area contributed by atoms with Gasteiger partial charge in [0.1, 0.15) is 31.6 Å². The van der Waals surface area contributed by atoms with Crippen LogP contribution in [0.4, 0.5) is 0 Å². The van der Waals surface area contributed by atoms with Crippen LogP contribution < -0.4 is 20.4 Å². The Bertz CT molecular complexity index is 3050. The zero-order valence-electron chi connectivity index (χ0n) is 32.8. The second-order valence-corrected chi connectivity index (χ2v) is 20.7. The predicted octanol–water partition coefficient (Wildman–Crippen LogP) is 11.1. The Morgan fingerprint density at radius 2 is 1.07 bits per heavy atom. The molecule has 280 valence electrons. The first-order valence-corrected chi connectivity index (χ1v) is 23.5. The number of ether oxygens (including phenoxy) is 1. The van der Waals surface area contributed by atoms with Gasteiger partial charge in [-0.05, 0) is 78.6 Å². The number of hydrogen-bond acceptors (Lipinski definition) is 4. The molecule has 0 saturated heterocycles. The lowest BCUT2D eigenvalue weighted by molar-refractivity contribution is 0.436. The molecule has 1 spiro atoms. The Labute approximate surface area is 345 Å². The fraction of sp³-hybridized carbons (Fsp3) is 0.0741. The van der Waals surface area contributed by atoms with Crippen LogP contribution in [0.5, 0.6) is 11.5 Å². The first kappa shape index (κ1) is 34.0. The lowest BCUT2D eigenvalue weighted by atomic mass is 9.66. The smallest absolute Gasteiger partial charge is 0.160 e. The molecule has 59 heavy (non-hydrogen) atoms. The zero-order chi connectivity index (χ0) is 39.3. The minimum atomic E-state index is -2.29. The van der Waals surface area contributed by atoms with Gasteiger partial charge in [0.2, 0.25) is 0 Å². The molecule has 4 nitrogen and oxygen atoms in total. The van der Waals surface area contributed by atoms with E-state index in [1.165, 1.54) is 66.0 Å². The van der Waals surface area contributed by atoms with Gasteiger partial charge >= 0.3 is 0 Å². The van der Waals surface area contributed by atoms with Gasteiger partial charge in [0, 0.05) is 22.3 Å². The van der Waals surface area contributed by atoms with Gasteiger partial charge in [-0.3, -0.25) is 0 Å². The predicted molar refractivity (Wildman–Crippen MR) is 243 cm³/mol. The van der Waals surface area contributed by atoms with Gasteiger partial charge in [0.05, 0.1) is 5.41 Å². The molecule has 0 saturated carbocycles. The number of para-hydroxylation sites is 2. The maximum Gasteiger partial charge on any atom is 0.160 e. The summed E-state index contributed by atoms with van der Waals surface area (Å²) in [6, 6.07) is 67.9. The average molecular weight is 774 g/mol. The van der Waals surface area contributed by atoms with E-state index in [9.17, 15) is 0 Å². The van der Waals surface area contributed by atoms with Crippen molar-refractivity contribution in [1.29, 1.82) is 0 Å². The van der Waals surface area contributed by atoms with Gasteiger partial charge in [-0.25, -0.2) is 9.98 Å². The molecule has 1 atom stereocenters. The number of fused-ring (bicyclic) bond motifs is 12. The van der Waals surface area contributed by atoms with Crippen LogP contribution in [0.1, 0.15) is 45.1 Å². The maximum absolute atomic E-state index is 6.65. The molecule has 0 bridgehead atoms. The summed E-state index contributed by atoms with van der Waals surface area (Å²) >= 11 is 0. The van der Waals surface area contributed by atoms with Crippen LogP contribution in [0.3, 0.4) is 0 Å². The van der Waals surface area contributed by atoms with E-state index in [-0.39, 0.29) is 6.17 Å². The molecule has 8 aromatic carbocycles. The molecule has 1 N–H and O–H groups in total. The fourth-order valence-electron chi connectivity index (χ4n) is 10.6. The van der Waals surface area contributed by atoms with Crippen molar-refractivity contribution in [2.45, 2.75) is 24.7 Å². The Morgan fingerprint density at radius 1 is 0.492 bits per heavy atom. The number of aliphatic imine (C=N–C) groups is 2. The summed E-state index contributed by atoms with van der Waals surface area (Å²) in [6.45, 7) is 5.04. The zero-order valence-corrected chi connectivity index (χ0v) is 33.8. The molecule has 0 amide bonds. The Balaban J connectivity index is 1.14. The van der Waals surface area contributed by atoms with Crippen molar-refractivity contribution < 1.29 is 4.74 Å². The summed E-state index contributed by atoms with van der Waals surface area (Å²) in [7, 11) is -2.29. The summed E-state index contributed by atoms with van der Waals surface area (Å²) in [4.78, 5) is 10.8. The lowest BCUT2D eigenvalue weighted by Crippen LogP contribution is -2.50. The van der Waals surface area contributed by atoms with Gasteiger partial charge in [-0.1, -0.05) is 183 Å². The van der Waals surface area contributed by atoms with E-state index < -0.39 is 13.5 Å². The molecule has 5 heteroatoms. The van der Waals surface area contributed by atoms with E-state index in [0.29, 0.717) is 0 Å². The number of nitrogens with one attached hydrogen (secondary N) is 1. The van der Waals surface area contributed by atoms with Crippen molar-refractivity contribution in [3.05, 3.63) is 227 Å². The minimum absolute atomic E-state index is 0.286. The normalized spacial score (nSPS) is 16.9. The van der Waals surface area contributed by atoms with Crippen LogP contribution in [0.15, 0.2) is 198 Å². The first-order chi connectivity index (χ1) is 29.0. The Kier molecular flexibility index (Phi) is 7.32. The molecule has 3 heterocycles. The van der Waals surface area contributed by atoms with Crippen LogP contribution >= 0.6 is 0 Å². The minimum Gasteiger partial charge on any atom is -0.457 e. The number of hydrogen-bond donors (Lipinski definition) is 1. The van der Waals surface area contributed by atoms with Crippen molar-refractivity contribution >= 4 is 30.1 Å². The summed E-state index contributed by atoms with van der Waals surface area (Å²) < 4.78 is 6.65. The van der Waals surface area contributed by atoms with Crippen LogP contribution in [0, 0.1) is 0 Å². The molecule has 4 aliphatic rings. The third kappa shape index (κ3) is 4.76. The molecule has 8 aromatic rings. The van der Waals surface area contributed by atoms with E-state index in [4.69, 9.17) is 14.7 Å². The fourth-order valence-corrected chi connectivity index (χ4v) is 14.0. The SMILES string of the molecule is C[Si]1(C)c2ccccc2-c2c(C3=NC(c4ccccc4)NC(c4ccccc4)=N3)ccc(-c3cccc4c3-c3ccccc3C43c4ccccc4Oc4ccccc43)c21. The highest BCUT2D eigenvalue weighted by Crippen LogP contribution is 2.63. The van der Waals surface area contributed by atoms with E-state index in [0.717, 1.165) is 39.9 Å². The van der Waals surface area contributed by atoms with Crippen molar-refractivity contribution in [3.8, 4) is 44.9 Å². The van der Waals surface area contributed by atoms with Gasteiger partial charge in [0.15, 0.2) is 5.84 Å². The molecule has 0 aromatic heterocycles. The second-order valence-electron chi connectivity index (χ2n) is 16.4. The summed E-state index contributed by atoms with van der Waals surface area (Å²) in [5.41, 5.74) is 15.3. The third-order valence-electron chi connectivity index (χ3n) is 13.0. The standard InChI is InChI=1S/C54H39N3OSi/c1-59(2)47-31-16-10-23-39(47)49-40(53-56-51(34-18-5-3-6-19-34)55-52(57-53)35-20-7-4-8-21-35)33-32-37(50(49)59)36-24-17-28-44-48(36)38-22-9-11-25-41(38)54(44)42-26-12-14-29-45(42)58-46-30-15-13-27-43(46)54/h3-33,51H,1-2H3,(H,55,56,57). The number of rotatable bonds is 4. The largest absolute Gasteiger partial charge is 0.457 e. The van der Waals surface area contributed by atoms with Gasteiger partial charge in [0.25, 0.3) is 0 Å². The molecule has 3 aliphatic heterocycles. The summed E-state index contributed by atoms with van der Waals surface area (Å²) in [6.07, 6.45) is -0.286. The molecule has 0 fully saturated rings. The highest BCUT2D eigenvalue weighted by Gasteiger charge is 2.52. The topological polar surface area (TPSA) is 46.0 Å². The van der Waals surface area contributed by atoms with Crippen molar-refractivity contribution in [2.75, 3.05) is 0 Å². The Hall–Kier alpha value is -7.08. The van der Waals surface area contributed by atoms with E-state index in [1.54, 1.807) is 0 Å². The van der Waals surface area contributed by atoms with E-state index in [2.05, 4.69) is 200 Å². The molecule has 1 aliphatic carbocycles. The van der Waals surface area contributed by atoms with Crippen LogP contribution in [-0.4, -0.2) is 19.7 Å². The number of nitrogens with zero attached hydrogens (tertiary/aromatic N) is 2. The lowest BCUT2D eigenvalue weighted by Gasteiger charge is -2.39. The average Bonchev–Trinajstić information content (AvgIpc) is 3.73. The van der Waals surface area contributed by atoms with E-state index >= 15 is 0 Å². The van der Waals surface area contributed by atoms with Crippen LogP contribution in [-0.2, 0) is 5.41 Å². The molecular formula is C54H39N3OSi. The van der Waals surface area contributed by atoms with Gasteiger partial charge in [-0.2, -0.15) is 0 Å². The molecular weight excluding hydrogens is 735 g/mol. The van der Waals surface area contributed by atoms with Crippen LogP contribution in [0.2, 0.25) is 13.1 Å². The number of amidine groups is 2. The van der Waals surface area contributed by atoms with Gasteiger partial charge in [-0.15, -0.1) is 0 Å². The second kappa shape index (κ2) is 12.7. The molecule has 1 unspecified atom stereocenters. The Morgan fingerprint density at radius 3 is 1.81 bits per heavy atom. The molecule has 0 radical (unpaired) electrons. The van der Waals surface area contributed by atoms with Crippen molar-refractivity contribution in [2.24, 2.45) is 9.98 Å². The number of benzene rings is 8. The third-order valence-corrected chi connectivity index (χ3v) is 16.6. The molecule has 12 rings (SSSR count). The highest BCUT2D eigenvalue weighted by atomic mass is 28.3. The summed E-state index contributed by atoms with van der Waals surface area (Å²) in [5, 5.41) is 6.55. The first-order valence-electron chi connectivity index (χ1n) is 20.5. The van der Waals surface area contributed by atoms with Crippen LogP contribution in [0.25, 0.3) is 33.4 Å². The van der Waals surface area contributed by atoms with Crippen molar-refractivity contribution in [3.63, 3.8) is 0 Å². The van der Waals surface area contributed by atoms with Gasteiger partial charge < -0.3 is 10.1 Å². The summed E-state index contributed by atoms with van der Waals surface area (Å²) in [5.74, 6) is 3.38. The quantitative estimate of drug-likeness (QED) is 0.181. The maximum atomic E-state index is 6.65. The highest BCUT2D eigenvalue weighted by molar-refractivity contribution is 7.04. The van der Waals surface area contributed by atoms with E-state index in [1.807, 2.05) is 6.07 Å².